The minimum absolute atomic E-state index is 0.0195. The second kappa shape index (κ2) is 8.70. The van der Waals surface area contributed by atoms with Gasteiger partial charge in [-0.25, -0.2) is 18.6 Å². The number of rotatable bonds is 4. The Bertz CT molecular complexity index is 1180. The van der Waals surface area contributed by atoms with Crippen molar-refractivity contribution >= 4 is 17.6 Å². The van der Waals surface area contributed by atoms with Gasteiger partial charge in [0.05, 0.1) is 22.3 Å². The van der Waals surface area contributed by atoms with Crippen LogP contribution in [0.5, 0.6) is 11.6 Å². The summed E-state index contributed by atoms with van der Waals surface area (Å²) < 4.78 is 38.5. The van der Waals surface area contributed by atoms with Crippen molar-refractivity contribution in [2.45, 2.75) is 26.4 Å². The maximum Gasteiger partial charge on any atom is 0.344 e. The number of nitriles is 1. The van der Waals surface area contributed by atoms with Crippen molar-refractivity contribution in [1.82, 2.24) is 4.98 Å². The molecule has 3 rings (SSSR count). The van der Waals surface area contributed by atoms with Gasteiger partial charge in [-0.2, -0.15) is 5.26 Å². The number of nitrogens with zero attached hydrogens (tertiary/aromatic N) is 2. The fourth-order valence-corrected chi connectivity index (χ4v) is 2.78. The molecule has 0 N–H and O–H groups in total. The van der Waals surface area contributed by atoms with Gasteiger partial charge in [-0.05, 0) is 57.2 Å². The number of hydrogen-bond acceptors (Lipinski definition) is 5. The fourth-order valence-electron chi connectivity index (χ4n) is 2.62. The zero-order chi connectivity index (χ0) is 22.8. The molecule has 2 aromatic carbocycles. The third kappa shape index (κ3) is 5.56. The highest BCUT2D eigenvalue weighted by Crippen LogP contribution is 2.33. The van der Waals surface area contributed by atoms with Crippen LogP contribution in [0.1, 0.15) is 36.7 Å². The normalized spacial score (nSPS) is 11.0. The SMILES string of the molecule is CC(C)(C)OC(=O)c1ccc(-c2cc(F)cc(F)c2)nc1Oc1cc(C#N)ccc1Cl. The van der Waals surface area contributed by atoms with Crippen LogP contribution < -0.4 is 4.74 Å². The molecule has 0 atom stereocenters. The Morgan fingerprint density at radius 1 is 1.06 bits per heavy atom. The van der Waals surface area contributed by atoms with Gasteiger partial charge in [0.15, 0.2) is 0 Å². The van der Waals surface area contributed by atoms with Crippen LogP contribution in [0.4, 0.5) is 8.78 Å². The molecule has 158 valence electrons. The molecule has 0 spiro atoms. The molecule has 0 fully saturated rings. The van der Waals surface area contributed by atoms with E-state index in [9.17, 15) is 13.6 Å². The van der Waals surface area contributed by atoms with Gasteiger partial charge in [-0.3, -0.25) is 0 Å². The second-order valence-corrected chi connectivity index (χ2v) is 7.98. The molecule has 0 aliphatic heterocycles. The lowest BCUT2D eigenvalue weighted by molar-refractivity contribution is 0.00665. The van der Waals surface area contributed by atoms with Gasteiger partial charge in [-0.1, -0.05) is 11.6 Å². The number of aromatic nitrogens is 1. The van der Waals surface area contributed by atoms with E-state index >= 15 is 0 Å². The molecule has 0 saturated heterocycles. The van der Waals surface area contributed by atoms with Crippen molar-refractivity contribution in [3.8, 4) is 29.0 Å². The van der Waals surface area contributed by atoms with Gasteiger partial charge in [0, 0.05) is 17.7 Å². The first-order valence-electron chi connectivity index (χ1n) is 9.14. The summed E-state index contributed by atoms with van der Waals surface area (Å²) in [5.74, 6) is -2.37. The van der Waals surface area contributed by atoms with Crippen LogP contribution in [-0.2, 0) is 4.74 Å². The number of carbonyl (C=O) groups excluding carboxylic acids is 1. The van der Waals surface area contributed by atoms with Crippen LogP contribution in [-0.4, -0.2) is 16.6 Å². The average molecular weight is 443 g/mol. The van der Waals surface area contributed by atoms with E-state index in [1.165, 1.54) is 30.3 Å². The van der Waals surface area contributed by atoms with E-state index in [1.54, 1.807) is 20.8 Å². The molecule has 31 heavy (non-hydrogen) atoms. The van der Waals surface area contributed by atoms with E-state index in [-0.39, 0.29) is 39.0 Å². The number of pyridine rings is 1. The first-order chi connectivity index (χ1) is 14.6. The maximum absolute atomic E-state index is 13.7. The van der Waals surface area contributed by atoms with Crippen LogP contribution in [0, 0.1) is 23.0 Å². The van der Waals surface area contributed by atoms with Crippen LogP contribution in [0.3, 0.4) is 0 Å². The van der Waals surface area contributed by atoms with Gasteiger partial charge < -0.3 is 9.47 Å². The monoisotopic (exact) mass is 442 g/mol. The Balaban J connectivity index is 2.12. The predicted octanol–water partition coefficient (Wildman–Crippen LogP) is 6.30. The Labute approximate surface area is 182 Å². The zero-order valence-electron chi connectivity index (χ0n) is 16.9. The summed E-state index contributed by atoms with van der Waals surface area (Å²) >= 11 is 6.16. The average Bonchev–Trinajstić information content (AvgIpc) is 2.67. The Morgan fingerprint density at radius 3 is 2.35 bits per heavy atom. The molecule has 8 heteroatoms. The van der Waals surface area contributed by atoms with Gasteiger partial charge in [0.1, 0.15) is 28.5 Å². The lowest BCUT2D eigenvalue weighted by atomic mass is 10.1. The highest BCUT2D eigenvalue weighted by Gasteiger charge is 2.24. The molecule has 1 aromatic heterocycles. The molecule has 0 unspecified atom stereocenters. The molecule has 0 aliphatic rings. The fraction of sp³-hybridized carbons (Fsp3) is 0.174. The molecular formula is C23H17ClF2N2O3. The Kier molecular flexibility index (Phi) is 6.23. The summed E-state index contributed by atoms with van der Waals surface area (Å²) in [5.41, 5.74) is -0.212. The van der Waals surface area contributed by atoms with Crippen molar-refractivity contribution in [2.75, 3.05) is 0 Å². The highest BCUT2D eigenvalue weighted by atomic mass is 35.5. The molecule has 1 heterocycles. The summed E-state index contributed by atoms with van der Waals surface area (Å²) in [4.78, 5) is 17.0. The quantitative estimate of drug-likeness (QED) is 0.443. The number of benzene rings is 2. The van der Waals surface area contributed by atoms with Crippen molar-refractivity contribution in [3.05, 3.63) is 76.3 Å². The van der Waals surface area contributed by atoms with Crippen LogP contribution in [0.25, 0.3) is 11.3 Å². The largest absolute Gasteiger partial charge is 0.456 e. The number of esters is 1. The maximum atomic E-state index is 13.7. The number of carbonyl (C=O) groups is 1. The minimum Gasteiger partial charge on any atom is -0.456 e. The van der Waals surface area contributed by atoms with Crippen molar-refractivity contribution < 1.29 is 23.0 Å². The number of hydrogen-bond donors (Lipinski definition) is 0. The van der Waals surface area contributed by atoms with Gasteiger partial charge in [-0.15, -0.1) is 0 Å². The third-order valence-electron chi connectivity index (χ3n) is 3.90. The first-order valence-corrected chi connectivity index (χ1v) is 9.52. The van der Waals surface area contributed by atoms with Crippen LogP contribution >= 0.6 is 11.6 Å². The summed E-state index contributed by atoms with van der Waals surface area (Å²) in [5, 5.41) is 9.30. The van der Waals surface area contributed by atoms with E-state index in [1.807, 2.05) is 6.07 Å². The van der Waals surface area contributed by atoms with Crippen molar-refractivity contribution in [2.24, 2.45) is 0 Å². The van der Waals surface area contributed by atoms with Gasteiger partial charge in [0.2, 0.25) is 5.88 Å². The first kappa shape index (κ1) is 22.2. The van der Waals surface area contributed by atoms with E-state index in [0.717, 1.165) is 18.2 Å². The smallest absolute Gasteiger partial charge is 0.344 e. The van der Waals surface area contributed by atoms with Crippen molar-refractivity contribution in [3.63, 3.8) is 0 Å². The number of halogens is 3. The van der Waals surface area contributed by atoms with Crippen molar-refractivity contribution in [1.29, 1.82) is 5.26 Å². The van der Waals surface area contributed by atoms with E-state index in [2.05, 4.69) is 4.98 Å². The van der Waals surface area contributed by atoms with E-state index in [4.69, 9.17) is 26.3 Å². The summed E-state index contributed by atoms with van der Waals surface area (Å²) in [6, 6.07) is 12.1. The topological polar surface area (TPSA) is 72.2 Å². The van der Waals surface area contributed by atoms with Crippen LogP contribution in [0.2, 0.25) is 5.02 Å². The molecular weight excluding hydrogens is 426 g/mol. The molecule has 3 aromatic rings. The Hall–Kier alpha value is -3.50. The summed E-state index contributed by atoms with van der Waals surface area (Å²) in [7, 11) is 0. The van der Waals surface area contributed by atoms with E-state index < -0.39 is 23.2 Å². The van der Waals surface area contributed by atoms with Gasteiger partial charge in [0.25, 0.3) is 0 Å². The second-order valence-electron chi connectivity index (χ2n) is 7.57. The van der Waals surface area contributed by atoms with E-state index in [0.29, 0.717) is 0 Å². The van der Waals surface area contributed by atoms with Crippen LogP contribution in [0.15, 0.2) is 48.5 Å². The summed E-state index contributed by atoms with van der Waals surface area (Å²) in [6.07, 6.45) is 0. The molecule has 5 nitrogen and oxygen atoms in total. The lowest BCUT2D eigenvalue weighted by Crippen LogP contribution is -2.24. The molecule has 0 saturated carbocycles. The molecule has 0 radical (unpaired) electrons. The molecule has 0 amide bonds. The standard InChI is InChI=1S/C23H17ClF2N2O3/c1-23(2,3)31-22(29)17-5-7-19(14-9-15(25)11-16(26)10-14)28-21(17)30-20-8-13(12-27)4-6-18(20)24/h4-11H,1-3H3. The predicted molar refractivity (Wildman–Crippen MR) is 111 cm³/mol. The molecule has 0 aliphatic carbocycles. The third-order valence-corrected chi connectivity index (χ3v) is 4.22. The minimum atomic E-state index is -0.781. The highest BCUT2D eigenvalue weighted by molar-refractivity contribution is 6.32. The zero-order valence-corrected chi connectivity index (χ0v) is 17.6. The lowest BCUT2D eigenvalue weighted by Gasteiger charge is -2.20. The molecule has 0 bridgehead atoms. The summed E-state index contributed by atoms with van der Waals surface area (Å²) in [6.45, 7) is 5.11. The Morgan fingerprint density at radius 2 is 1.74 bits per heavy atom. The number of ether oxygens (including phenoxy) is 2. The van der Waals surface area contributed by atoms with Gasteiger partial charge >= 0.3 is 5.97 Å².